The highest BCUT2D eigenvalue weighted by Gasteiger charge is 2.09. The Morgan fingerprint density at radius 3 is 2.78 bits per heavy atom. The summed E-state index contributed by atoms with van der Waals surface area (Å²) in [5.41, 5.74) is 1.19. The maximum absolute atomic E-state index is 13.5. The Kier molecular flexibility index (Phi) is 3.96. The molecule has 0 radical (unpaired) electrons. The van der Waals surface area contributed by atoms with Gasteiger partial charge in [0.05, 0.1) is 11.9 Å². The summed E-state index contributed by atoms with van der Waals surface area (Å²) in [6, 6.07) is 2.07. The zero-order chi connectivity index (χ0) is 13.1. The van der Waals surface area contributed by atoms with Crippen LogP contribution in [0.5, 0.6) is 0 Å². The molecular weight excluding hydrogens is 304 g/mol. The third-order valence-electron chi connectivity index (χ3n) is 2.49. The van der Waals surface area contributed by atoms with Gasteiger partial charge < -0.3 is 5.32 Å². The molecule has 1 aromatic heterocycles. The molecule has 0 amide bonds. The third kappa shape index (κ3) is 2.87. The summed E-state index contributed by atoms with van der Waals surface area (Å²) in [5.74, 6) is -1.23. The molecule has 1 N–H and O–H groups in total. The van der Waals surface area contributed by atoms with E-state index in [2.05, 4.69) is 26.3 Å². The summed E-state index contributed by atoms with van der Waals surface area (Å²) in [4.78, 5) is 0. The Bertz CT molecular complexity index is 531. The molecule has 0 aliphatic rings. The molecule has 3 nitrogen and oxygen atoms in total. The van der Waals surface area contributed by atoms with E-state index in [0.717, 1.165) is 18.2 Å². The summed E-state index contributed by atoms with van der Waals surface area (Å²) in [5, 5.41) is 7.04. The minimum absolute atomic E-state index is 0.251. The number of benzene rings is 1. The van der Waals surface area contributed by atoms with Crippen molar-refractivity contribution in [2.24, 2.45) is 0 Å². The normalized spacial score (nSPS) is 10.7. The van der Waals surface area contributed by atoms with E-state index in [4.69, 9.17) is 0 Å². The Morgan fingerprint density at radius 1 is 1.39 bits per heavy atom. The van der Waals surface area contributed by atoms with Crippen molar-refractivity contribution in [2.75, 3.05) is 5.32 Å². The summed E-state index contributed by atoms with van der Waals surface area (Å²) >= 11 is 3.13. The maximum Gasteiger partial charge on any atom is 0.150 e. The number of nitrogens with zero attached hydrogens (tertiary/aromatic N) is 2. The molecule has 2 rings (SSSR count). The van der Waals surface area contributed by atoms with Crippen LogP contribution in [0.25, 0.3) is 0 Å². The first-order valence-corrected chi connectivity index (χ1v) is 6.29. The molecule has 0 saturated carbocycles. The first kappa shape index (κ1) is 13.0. The fraction of sp³-hybridized carbons (Fsp3) is 0.250. The molecule has 6 heteroatoms. The van der Waals surface area contributed by atoms with Crippen LogP contribution < -0.4 is 5.32 Å². The van der Waals surface area contributed by atoms with Crippen LogP contribution >= 0.6 is 15.9 Å². The zero-order valence-corrected chi connectivity index (χ0v) is 11.3. The number of nitrogens with one attached hydrogen (secondary N) is 1. The first-order valence-electron chi connectivity index (χ1n) is 5.50. The second-order valence-corrected chi connectivity index (χ2v) is 4.66. The van der Waals surface area contributed by atoms with Crippen LogP contribution in [0.4, 0.5) is 14.5 Å². The molecule has 0 atom stereocenters. The molecule has 18 heavy (non-hydrogen) atoms. The van der Waals surface area contributed by atoms with Gasteiger partial charge in [0.15, 0.2) is 0 Å². The fourth-order valence-electron chi connectivity index (χ4n) is 1.57. The van der Waals surface area contributed by atoms with E-state index in [9.17, 15) is 8.78 Å². The van der Waals surface area contributed by atoms with Gasteiger partial charge >= 0.3 is 0 Å². The van der Waals surface area contributed by atoms with Crippen LogP contribution in [0.1, 0.15) is 12.5 Å². The molecule has 0 unspecified atom stereocenters. The number of aryl methyl sites for hydroxylation is 1. The van der Waals surface area contributed by atoms with E-state index in [1.54, 1.807) is 10.9 Å². The fourth-order valence-corrected chi connectivity index (χ4v) is 2.12. The topological polar surface area (TPSA) is 29.9 Å². The van der Waals surface area contributed by atoms with Crippen molar-refractivity contribution in [3.8, 4) is 0 Å². The van der Waals surface area contributed by atoms with Crippen LogP contribution in [0.2, 0.25) is 0 Å². The Labute approximate surface area is 112 Å². The molecule has 0 spiro atoms. The second-order valence-electron chi connectivity index (χ2n) is 3.80. The third-order valence-corrected chi connectivity index (χ3v) is 3.11. The van der Waals surface area contributed by atoms with Gasteiger partial charge in [-0.15, -0.1) is 0 Å². The van der Waals surface area contributed by atoms with E-state index in [0.29, 0.717) is 11.0 Å². The van der Waals surface area contributed by atoms with Crippen molar-refractivity contribution >= 4 is 21.6 Å². The van der Waals surface area contributed by atoms with Gasteiger partial charge in [0.1, 0.15) is 11.6 Å². The molecule has 1 heterocycles. The summed E-state index contributed by atoms with van der Waals surface area (Å²) in [6.45, 7) is 3.20. The van der Waals surface area contributed by atoms with Gasteiger partial charge in [-0.25, -0.2) is 8.78 Å². The van der Waals surface area contributed by atoms with Gasteiger partial charge in [0, 0.05) is 35.4 Å². The molecule has 0 bridgehead atoms. The lowest BCUT2D eigenvalue weighted by Gasteiger charge is -2.08. The van der Waals surface area contributed by atoms with Crippen molar-refractivity contribution in [1.29, 1.82) is 0 Å². The van der Waals surface area contributed by atoms with Crippen molar-refractivity contribution in [3.05, 3.63) is 46.2 Å². The maximum atomic E-state index is 13.5. The SMILES string of the molecule is CCn1cc(CNc2c(F)cc(F)cc2Br)cn1. The number of anilines is 1. The lowest BCUT2D eigenvalue weighted by molar-refractivity contribution is 0.583. The standard InChI is InChI=1S/C12H12BrF2N3/c1-2-18-7-8(6-17-18)5-16-12-10(13)3-9(14)4-11(12)15/h3-4,6-7,16H,2,5H2,1H3. The van der Waals surface area contributed by atoms with Crippen LogP contribution in [0.3, 0.4) is 0 Å². The average molecular weight is 316 g/mol. The highest BCUT2D eigenvalue weighted by atomic mass is 79.9. The smallest absolute Gasteiger partial charge is 0.150 e. The molecule has 0 aliphatic heterocycles. The first-order chi connectivity index (χ1) is 8.60. The Balaban J connectivity index is 2.10. The number of halogens is 3. The summed E-state index contributed by atoms with van der Waals surface area (Å²) in [7, 11) is 0. The van der Waals surface area contributed by atoms with Gasteiger partial charge in [-0.3, -0.25) is 4.68 Å². The van der Waals surface area contributed by atoms with E-state index >= 15 is 0 Å². The number of rotatable bonds is 4. The van der Waals surface area contributed by atoms with Crippen LogP contribution in [-0.4, -0.2) is 9.78 Å². The van der Waals surface area contributed by atoms with Crippen molar-refractivity contribution in [3.63, 3.8) is 0 Å². The van der Waals surface area contributed by atoms with E-state index in [1.807, 2.05) is 13.1 Å². The quantitative estimate of drug-likeness (QED) is 0.935. The molecule has 0 aliphatic carbocycles. The zero-order valence-electron chi connectivity index (χ0n) is 9.75. The Morgan fingerprint density at radius 2 is 2.17 bits per heavy atom. The molecule has 2 aromatic rings. The van der Waals surface area contributed by atoms with Crippen LogP contribution in [0.15, 0.2) is 29.0 Å². The van der Waals surface area contributed by atoms with Gasteiger partial charge in [0.2, 0.25) is 0 Å². The van der Waals surface area contributed by atoms with E-state index in [-0.39, 0.29) is 5.69 Å². The molecule has 96 valence electrons. The highest BCUT2D eigenvalue weighted by Crippen LogP contribution is 2.27. The van der Waals surface area contributed by atoms with Gasteiger partial charge in [-0.1, -0.05) is 0 Å². The second kappa shape index (κ2) is 5.48. The minimum atomic E-state index is -0.621. The van der Waals surface area contributed by atoms with Gasteiger partial charge in [-0.2, -0.15) is 5.10 Å². The van der Waals surface area contributed by atoms with Crippen LogP contribution in [-0.2, 0) is 13.1 Å². The summed E-state index contributed by atoms with van der Waals surface area (Å²) < 4.78 is 28.6. The molecule has 1 aromatic carbocycles. The lowest BCUT2D eigenvalue weighted by atomic mass is 10.2. The Hall–Kier alpha value is -1.43. The van der Waals surface area contributed by atoms with Crippen molar-refractivity contribution < 1.29 is 8.78 Å². The van der Waals surface area contributed by atoms with Crippen molar-refractivity contribution in [2.45, 2.75) is 20.0 Å². The van der Waals surface area contributed by atoms with Gasteiger partial charge in [-0.05, 0) is 28.9 Å². The minimum Gasteiger partial charge on any atom is -0.378 e. The summed E-state index contributed by atoms with van der Waals surface area (Å²) in [6.07, 6.45) is 3.59. The predicted octanol–water partition coefficient (Wildman–Crippen LogP) is 3.56. The molecule has 0 fully saturated rings. The van der Waals surface area contributed by atoms with Gasteiger partial charge in [0.25, 0.3) is 0 Å². The van der Waals surface area contributed by atoms with E-state index < -0.39 is 11.6 Å². The largest absolute Gasteiger partial charge is 0.378 e. The van der Waals surface area contributed by atoms with E-state index in [1.165, 1.54) is 6.07 Å². The van der Waals surface area contributed by atoms with Crippen molar-refractivity contribution in [1.82, 2.24) is 9.78 Å². The molecule has 0 saturated heterocycles. The number of hydrogen-bond acceptors (Lipinski definition) is 2. The molecular formula is C12H12BrF2N3. The lowest BCUT2D eigenvalue weighted by Crippen LogP contribution is -2.02. The predicted molar refractivity (Wildman–Crippen MR) is 69.3 cm³/mol. The van der Waals surface area contributed by atoms with Crippen LogP contribution in [0, 0.1) is 11.6 Å². The number of hydrogen-bond donors (Lipinski definition) is 1. The average Bonchev–Trinajstić information content (AvgIpc) is 2.75. The number of aromatic nitrogens is 2. The monoisotopic (exact) mass is 315 g/mol. The highest BCUT2D eigenvalue weighted by molar-refractivity contribution is 9.10.